The topological polar surface area (TPSA) is 98.7 Å². The molecule has 0 bridgehead atoms. The molecular formula is C9H18N2O4S. The normalized spacial score (nSPS) is 13.9. The van der Waals surface area contributed by atoms with E-state index in [0.717, 1.165) is 6.42 Å². The first-order valence-electron chi connectivity index (χ1n) is 4.92. The number of aliphatic hydroxyl groups is 1. The molecule has 0 saturated heterocycles. The van der Waals surface area contributed by atoms with Crippen molar-refractivity contribution in [1.82, 2.24) is 10.6 Å². The summed E-state index contributed by atoms with van der Waals surface area (Å²) in [6.07, 6.45) is 1.28. The van der Waals surface area contributed by atoms with Crippen LogP contribution in [-0.4, -0.2) is 52.9 Å². The summed E-state index contributed by atoms with van der Waals surface area (Å²) < 4.78 is 0. The zero-order chi connectivity index (χ0) is 12.6. The molecule has 2 amide bonds. The third-order valence-electron chi connectivity index (χ3n) is 1.98. The zero-order valence-electron chi connectivity index (χ0n) is 9.40. The summed E-state index contributed by atoms with van der Waals surface area (Å²) in [5.74, 6) is -1.35. The third-order valence-corrected chi connectivity index (χ3v) is 3.02. The van der Waals surface area contributed by atoms with Crippen molar-refractivity contribution in [2.24, 2.45) is 0 Å². The summed E-state index contributed by atoms with van der Waals surface area (Å²) in [4.78, 5) is 21.3. The van der Waals surface area contributed by atoms with Crippen LogP contribution in [-0.2, 0) is 4.79 Å². The van der Waals surface area contributed by atoms with Crippen LogP contribution >= 0.6 is 11.8 Å². The van der Waals surface area contributed by atoms with Crippen molar-refractivity contribution in [2.45, 2.75) is 24.7 Å². The average molecular weight is 250 g/mol. The van der Waals surface area contributed by atoms with Gasteiger partial charge >= 0.3 is 12.0 Å². The number of aliphatic hydroxyl groups excluding tert-OH is 1. The maximum absolute atomic E-state index is 11.1. The Hall–Kier alpha value is -0.950. The van der Waals surface area contributed by atoms with Crippen molar-refractivity contribution in [3.8, 4) is 0 Å². The molecule has 0 aliphatic heterocycles. The van der Waals surface area contributed by atoms with E-state index in [1.165, 1.54) is 0 Å². The number of urea groups is 1. The van der Waals surface area contributed by atoms with Crippen LogP contribution in [0, 0.1) is 0 Å². The molecular weight excluding hydrogens is 232 g/mol. The molecule has 94 valence electrons. The van der Waals surface area contributed by atoms with E-state index in [0.29, 0.717) is 11.8 Å². The van der Waals surface area contributed by atoms with Crippen LogP contribution in [0.2, 0.25) is 0 Å². The number of carboxylic acids is 1. The lowest BCUT2D eigenvalue weighted by Gasteiger charge is -2.11. The molecule has 0 radical (unpaired) electrons. The largest absolute Gasteiger partial charge is 0.479 e. The van der Waals surface area contributed by atoms with Gasteiger partial charge in [-0.3, -0.25) is 0 Å². The predicted octanol–water partition coefficient (Wildman–Crippen LogP) is -0.127. The second-order valence-corrected chi connectivity index (χ2v) is 4.60. The molecule has 4 N–H and O–H groups in total. The van der Waals surface area contributed by atoms with E-state index >= 15 is 0 Å². The minimum atomic E-state index is -1.56. The van der Waals surface area contributed by atoms with Crippen LogP contribution in [0.4, 0.5) is 4.79 Å². The second kappa shape index (κ2) is 8.23. The number of carbonyl (C=O) groups excluding carboxylic acids is 1. The number of nitrogens with one attached hydrogen (secondary N) is 2. The number of thioether (sulfide) groups is 1. The van der Waals surface area contributed by atoms with Crippen LogP contribution in [0.3, 0.4) is 0 Å². The van der Waals surface area contributed by atoms with Crippen molar-refractivity contribution in [2.75, 3.05) is 19.3 Å². The first kappa shape index (κ1) is 15.0. The first-order valence-corrected chi connectivity index (χ1v) is 6.21. The Labute approximate surface area is 98.8 Å². The maximum atomic E-state index is 11.1. The monoisotopic (exact) mass is 250 g/mol. The van der Waals surface area contributed by atoms with E-state index < -0.39 is 18.1 Å². The van der Waals surface area contributed by atoms with E-state index in [2.05, 4.69) is 17.6 Å². The van der Waals surface area contributed by atoms with Gasteiger partial charge in [0, 0.05) is 11.8 Å². The number of hydrogen-bond donors (Lipinski definition) is 4. The lowest BCUT2D eigenvalue weighted by Crippen LogP contribution is -2.42. The molecule has 0 saturated carbocycles. The Morgan fingerprint density at radius 2 is 2.00 bits per heavy atom. The molecule has 0 fully saturated rings. The summed E-state index contributed by atoms with van der Waals surface area (Å²) in [7, 11) is 0. The van der Waals surface area contributed by atoms with Gasteiger partial charge in [0.15, 0.2) is 6.10 Å². The molecule has 6 nitrogen and oxygen atoms in total. The highest BCUT2D eigenvalue weighted by atomic mass is 32.2. The Balaban J connectivity index is 3.56. The van der Waals surface area contributed by atoms with E-state index in [1.807, 2.05) is 6.26 Å². The van der Waals surface area contributed by atoms with Gasteiger partial charge in [0.1, 0.15) is 0 Å². The Kier molecular flexibility index (Phi) is 7.74. The highest BCUT2D eigenvalue weighted by Gasteiger charge is 2.13. The Bertz CT molecular complexity index is 238. The first-order chi connectivity index (χ1) is 7.47. The number of hydrogen-bond acceptors (Lipinski definition) is 4. The second-order valence-electron chi connectivity index (χ2n) is 3.33. The molecule has 0 aliphatic carbocycles. The molecule has 0 spiro atoms. The van der Waals surface area contributed by atoms with Gasteiger partial charge in [-0.2, -0.15) is 11.8 Å². The minimum Gasteiger partial charge on any atom is -0.479 e. The van der Waals surface area contributed by atoms with E-state index in [-0.39, 0.29) is 6.54 Å². The van der Waals surface area contributed by atoms with Gasteiger partial charge in [0.2, 0.25) is 0 Å². The fourth-order valence-corrected chi connectivity index (χ4v) is 1.20. The molecule has 0 rings (SSSR count). The minimum absolute atomic E-state index is 0.292. The van der Waals surface area contributed by atoms with Crippen molar-refractivity contribution in [3.63, 3.8) is 0 Å². The highest BCUT2D eigenvalue weighted by molar-refractivity contribution is 7.99. The molecule has 0 aromatic carbocycles. The molecule has 7 heteroatoms. The summed E-state index contributed by atoms with van der Waals surface area (Å²) in [5.41, 5.74) is 0. The van der Waals surface area contributed by atoms with Gasteiger partial charge in [-0.1, -0.05) is 6.92 Å². The number of amides is 2. The number of carbonyl (C=O) groups is 2. The highest BCUT2D eigenvalue weighted by Crippen LogP contribution is 2.07. The molecule has 0 aliphatic rings. The molecule has 2 atom stereocenters. The van der Waals surface area contributed by atoms with Gasteiger partial charge in [0.25, 0.3) is 0 Å². The van der Waals surface area contributed by atoms with Crippen molar-refractivity contribution < 1.29 is 19.8 Å². The van der Waals surface area contributed by atoms with Crippen LogP contribution in [0.25, 0.3) is 0 Å². The van der Waals surface area contributed by atoms with Crippen molar-refractivity contribution in [3.05, 3.63) is 0 Å². The van der Waals surface area contributed by atoms with Crippen LogP contribution < -0.4 is 10.6 Å². The van der Waals surface area contributed by atoms with Gasteiger partial charge in [-0.15, -0.1) is 0 Å². The fraction of sp³-hybridized carbons (Fsp3) is 0.778. The predicted molar refractivity (Wildman–Crippen MR) is 62.6 cm³/mol. The number of aliphatic carboxylic acids is 1. The lowest BCUT2D eigenvalue weighted by atomic mass is 10.3. The van der Waals surface area contributed by atoms with Gasteiger partial charge in [-0.25, -0.2) is 9.59 Å². The maximum Gasteiger partial charge on any atom is 0.334 e. The van der Waals surface area contributed by atoms with E-state index in [9.17, 15) is 9.59 Å². The summed E-state index contributed by atoms with van der Waals surface area (Å²) in [6, 6.07) is -0.464. The molecule has 0 heterocycles. The van der Waals surface area contributed by atoms with Crippen molar-refractivity contribution in [1.29, 1.82) is 0 Å². The molecule has 0 aromatic heterocycles. The average Bonchev–Trinajstić information content (AvgIpc) is 2.25. The lowest BCUT2D eigenvalue weighted by molar-refractivity contribution is -0.146. The van der Waals surface area contributed by atoms with E-state index in [4.69, 9.17) is 10.2 Å². The Morgan fingerprint density at radius 1 is 1.38 bits per heavy atom. The van der Waals surface area contributed by atoms with Crippen molar-refractivity contribution >= 4 is 23.8 Å². The fourth-order valence-electron chi connectivity index (χ4n) is 0.846. The summed E-state index contributed by atoms with van der Waals surface area (Å²) >= 11 is 1.71. The quantitative estimate of drug-likeness (QED) is 0.504. The van der Waals surface area contributed by atoms with Gasteiger partial charge in [-0.05, 0) is 12.7 Å². The SMILES string of the molecule is CSC(C)CCNC(=O)NC[C@H](O)C(=O)O. The third kappa shape index (κ3) is 7.36. The number of carboxylic acid groups (broad SMARTS) is 1. The van der Waals surface area contributed by atoms with E-state index in [1.54, 1.807) is 11.8 Å². The standard InChI is InChI=1S/C9H18N2O4S/c1-6(16-2)3-4-10-9(15)11-5-7(12)8(13)14/h6-7,12H,3-5H2,1-2H3,(H,13,14)(H2,10,11,15)/t6?,7-/m0/s1. The molecule has 16 heavy (non-hydrogen) atoms. The Morgan fingerprint density at radius 3 is 2.50 bits per heavy atom. The zero-order valence-corrected chi connectivity index (χ0v) is 10.2. The molecule has 1 unspecified atom stereocenters. The number of rotatable bonds is 7. The van der Waals surface area contributed by atoms with Crippen LogP contribution in [0.1, 0.15) is 13.3 Å². The van der Waals surface area contributed by atoms with Crippen LogP contribution in [0.5, 0.6) is 0 Å². The van der Waals surface area contributed by atoms with Crippen LogP contribution in [0.15, 0.2) is 0 Å². The summed E-state index contributed by atoms with van der Waals surface area (Å²) in [6.45, 7) is 2.29. The van der Waals surface area contributed by atoms with Gasteiger partial charge in [0.05, 0.1) is 6.54 Å². The summed E-state index contributed by atoms with van der Waals surface area (Å²) in [5, 5.41) is 22.5. The molecule has 0 aromatic rings. The smallest absolute Gasteiger partial charge is 0.334 e. The van der Waals surface area contributed by atoms with Gasteiger partial charge < -0.3 is 20.8 Å².